The molecule has 1 saturated carbocycles. The van der Waals surface area contributed by atoms with E-state index in [-0.39, 0.29) is 11.3 Å². The molecule has 1 amide bonds. The van der Waals surface area contributed by atoms with Crippen LogP contribution >= 0.6 is 11.3 Å². The number of allylic oxidation sites excluding steroid dienone is 1. The van der Waals surface area contributed by atoms with Crippen molar-refractivity contribution in [2.75, 3.05) is 13.2 Å². The van der Waals surface area contributed by atoms with Crippen LogP contribution in [0.1, 0.15) is 57.3 Å². The largest absolute Gasteiger partial charge is 0.381 e. The van der Waals surface area contributed by atoms with Crippen molar-refractivity contribution in [3.8, 4) is 11.4 Å². The van der Waals surface area contributed by atoms with Gasteiger partial charge in [-0.3, -0.25) is 4.79 Å². The Hall–Kier alpha value is -1.99. The standard InChI is InChI=1S/C21H25N3O3S/c25-18(16-12-20(13-16)7-9-26-10-8-20)23-21(5-2-1-3-6-21)19-22-17(24-27-19)15-4-11-28-14-15/h4,11-12,14H,1-3,5-10,13H2,(H,23,25). The van der Waals surface area contributed by atoms with Crippen LogP contribution in [0.4, 0.5) is 0 Å². The van der Waals surface area contributed by atoms with E-state index in [0.717, 1.165) is 69.3 Å². The highest BCUT2D eigenvalue weighted by molar-refractivity contribution is 7.08. The minimum atomic E-state index is -0.546. The van der Waals surface area contributed by atoms with Gasteiger partial charge in [0.15, 0.2) is 0 Å². The Morgan fingerprint density at radius 1 is 1.14 bits per heavy atom. The molecule has 0 atom stereocenters. The number of hydrogen-bond acceptors (Lipinski definition) is 6. The normalized spacial score (nSPS) is 23.1. The van der Waals surface area contributed by atoms with Crippen LogP contribution in [0, 0.1) is 5.41 Å². The van der Waals surface area contributed by atoms with Crippen LogP contribution in [0.15, 0.2) is 33.0 Å². The zero-order chi connectivity index (χ0) is 19.0. The summed E-state index contributed by atoms with van der Waals surface area (Å²) in [7, 11) is 0. The summed E-state index contributed by atoms with van der Waals surface area (Å²) in [5.74, 6) is 1.16. The molecule has 0 unspecified atom stereocenters. The van der Waals surface area contributed by atoms with Crippen LogP contribution < -0.4 is 5.32 Å². The first-order valence-electron chi connectivity index (χ1n) is 10.2. The number of hydrogen-bond donors (Lipinski definition) is 1. The number of rotatable bonds is 4. The third-order valence-corrected chi connectivity index (χ3v) is 7.16. The van der Waals surface area contributed by atoms with E-state index in [9.17, 15) is 4.79 Å². The van der Waals surface area contributed by atoms with Gasteiger partial charge in [0.25, 0.3) is 5.89 Å². The van der Waals surface area contributed by atoms with Crippen LogP contribution in [0.2, 0.25) is 0 Å². The number of nitrogens with one attached hydrogen (secondary N) is 1. The molecule has 2 aromatic heterocycles. The monoisotopic (exact) mass is 399 g/mol. The molecule has 0 bridgehead atoms. The molecule has 3 aliphatic rings. The van der Waals surface area contributed by atoms with Crippen molar-refractivity contribution in [3.05, 3.63) is 34.4 Å². The summed E-state index contributed by atoms with van der Waals surface area (Å²) in [5, 5.41) is 11.5. The van der Waals surface area contributed by atoms with Crippen molar-refractivity contribution < 1.29 is 14.1 Å². The number of carbonyl (C=O) groups excluding carboxylic acids is 1. The highest BCUT2D eigenvalue weighted by Crippen LogP contribution is 2.47. The maximum Gasteiger partial charge on any atom is 0.252 e. The van der Waals surface area contributed by atoms with Gasteiger partial charge in [-0.05, 0) is 49.0 Å². The zero-order valence-corrected chi connectivity index (χ0v) is 16.7. The first-order valence-corrected chi connectivity index (χ1v) is 11.1. The fourth-order valence-corrected chi connectivity index (χ4v) is 5.37. The summed E-state index contributed by atoms with van der Waals surface area (Å²) in [6, 6.07) is 1.98. The van der Waals surface area contributed by atoms with Crippen molar-refractivity contribution in [2.24, 2.45) is 5.41 Å². The van der Waals surface area contributed by atoms with E-state index in [2.05, 4.69) is 21.5 Å². The molecule has 1 N–H and O–H groups in total. The Kier molecular flexibility index (Phi) is 4.59. The molecule has 6 nitrogen and oxygen atoms in total. The summed E-state index contributed by atoms with van der Waals surface area (Å²) >= 11 is 1.61. The predicted octanol–water partition coefficient (Wildman–Crippen LogP) is 4.20. The average molecular weight is 400 g/mol. The number of amides is 1. The number of ether oxygens (including phenoxy) is 1. The van der Waals surface area contributed by atoms with Gasteiger partial charge in [-0.2, -0.15) is 16.3 Å². The number of aromatic nitrogens is 2. The lowest BCUT2D eigenvalue weighted by molar-refractivity contribution is -0.121. The molecule has 2 aliphatic carbocycles. The lowest BCUT2D eigenvalue weighted by Crippen LogP contribution is -2.50. The molecule has 2 aromatic rings. The van der Waals surface area contributed by atoms with Gasteiger partial charge in [0.2, 0.25) is 11.7 Å². The molecular weight excluding hydrogens is 374 g/mol. The van der Waals surface area contributed by atoms with E-state index >= 15 is 0 Å². The Bertz CT molecular complexity index is 875. The van der Waals surface area contributed by atoms with Crippen LogP contribution in [0.5, 0.6) is 0 Å². The number of carbonyl (C=O) groups is 1. The molecule has 1 spiro atoms. The molecular formula is C21H25N3O3S. The second-order valence-electron chi connectivity index (χ2n) is 8.35. The zero-order valence-electron chi connectivity index (χ0n) is 15.9. The topological polar surface area (TPSA) is 77.3 Å². The van der Waals surface area contributed by atoms with E-state index in [1.807, 2.05) is 16.8 Å². The fourth-order valence-electron chi connectivity index (χ4n) is 4.74. The summed E-state index contributed by atoms with van der Waals surface area (Å²) < 4.78 is 11.1. The van der Waals surface area contributed by atoms with Gasteiger partial charge in [0.1, 0.15) is 5.54 Å². The summed E-state index contributed by atoms with van der Waals surface area (Å²) in [6.07, 6.45) is 10.0. The van der Waals surface area contributed by atoms with E-state index in [1.165, 1.54) is 6.42 Å². The van der Waals surface area contributed by atoms with Gasteiger partial charge in [-0.15, -0.1) is 0 Å². The van der Waals surface area contributed by atoms with Crippen LogP contribution in [-0.2, 0) is 15.1 Å². The molecule has 1 saturated heterocycles. The molecule has 148 valence electrons. The fraction of sp³-hybridized carbons (Fsp3) is 0.571. The Labute approximate surface area is 168 Å². The third-order valence-electron chi connectivity index (χ3n) is 6.48. The second kappa shape index (κ2) is 7.12. The molecule has 0 aromatic carbocycles. The molecule has 0 radical (unpaired) electrons. The van der Waals surface area contributed by atoms with Gasteiger partial charge in [-0.25, -0.2) is 0 Å². The maximum absolute atomic E-state index is 13.0. The lowest BCUT2D eigenvalue weighted by Gasteiger charge is -2.43. The SMILES string of the molecule is O=C(NC1(c2nc(-c3ccsc3)no2)CCCCC1)C1=CC2(CCOCC2)C1. The minimum absolute atomic E-state index is 0.0225. The average Bonchev–Trinajstić information content (AvgIpc) is 3.39. The molecule has 3 heterocycles. The Morgan fingerprint density at radius 3 is 2.64 bits per heavy atom. The second-order valence-corrected chi connectivity index (χ2v) is 9.13. The first kappa shape index (κ1) is 18.1. The summed E-state index contributed by atoms with van der Waals surface area (Å²) in [5.41, 5.74) is 1.49. The van der Waals surface area contributed by atoms with Gasteiger partial charge < -0.3 is 14.6 Å². The number of thiophene rings is 1. The molecule has 28 heavy (non-hydrogen) atoms. The van der Waals surface area contributed by atoms with Crippen LogP contribution in [-0.4, -0.2) is 29.3 Å². The quantitative estimate of drug-likeness (QED) is 0.834. The Morgan fingerprint density at radius 2 is 1.93 bits per heavy atom. The van der Waals surface area contributed by atoms with E-state index in [4.69, 9.17) is 9.26 Å². The van der Waals surface area contributed by atoms with Crippen molar-refractivity contribution in [1.29, 1.82) is 0 Å². The van der Waals surface area contributed by atoms with E-state index in [0.29, 0.717) is 11.7 Å². The number of nitrogens with zero attached hydrogens (tertiary/aromatic N) is 2. The van der Waals surface area contributed by atoms with Crippen LogP contribution in [0.25, 0.3) is 11.4 Å². The van der Waals surface area contributed by atoms with Crippen molar-refractivity contribution in [3.63, 3.8) is 0 Å². The first-order chi connectivity index (χ1) is 13.7. The van der Waals surface area contributed by atoms with Crippen molar-refractivity contribution in [2.45, 2.75) is 56.9 Å². The maximum atomic E-state index is 13.0. The molecule has 7 heteroatoms. The third kappa shape index (κ3) is 3.20. The lowest BCUT2D eigenvalue weighted by atomic mass is 9.66. The smallest absolute Gasteiger partial charge is 0.252 e. The summed E-state index contributed by atoms with van der Waals surface area (Å²) in [4.78, 5) is 17.7. The van der Waals surface area contributed by atoms with Gasteiger partial charge in [0, 0.05) is 29.7 Å². The summed E-state index contributed by atoms with van der Waals surface area (Å²) in [6.45, 7) is 1.59. The van der Waals surface area contributed by atoms with E-state index in [1.54, 1.807) is 11.3 Å². The van der Waals surface area contributed by atoms with E-state index < -0.39 is 5.54 Å². The van der Waals surface area contributed by atoms with Gasteiger partial charge in [-0.1, -0.05) is 30.5 Å². The van der Waals surface area contributed by atoms with Gasteiger partial charge >= 0.3 is 0 Å². The molecule has 2 fully saturated rings. The highest BCUT2D eigenvalue weighted by Gasteiger charge is 2.45. The van der Waals surface area contributed by atoms with Crippen LogP contribution in [0.3, 0.4) is 0 Å². The Balaban J connectivity index is 1.37. The predicted molar refractivity (Wildman–Crippen MR) is 106 cm³/mol. The highest BCUT2D eigenvalue weighted by atomic mass is 32.1. The molecule has 5 rings (SSSR count). The van der Waals surface area contributed by atoms with Crippen molar-refractivity contribution >= 4 is 17.2 Å². The van der Waals surface area contributed by atoms with Crippen molar-refractivity contribution in [1.82, 2.24) is 15.5 Å². The molecule has 1 aliphatic heterocycles. The minimum Gasteiger partial charge on any atom is -0.381 e. The van der Waals surface area contributed by atoms with Gasteiger partial charge in [0.05, 0.1) is 0 Å².